The second-order valence-electron chi connectivity index (χ2n) is 12.1. The van der Waals surface area contributed by atoms with Gasteiger partial charge in [-0.3, -0.25) is 19.3 Å². The lowest BCUT2D eigenvalue weighted by atomic mass is 9.91. The van der Waals surface area contributed by atoms with E-state index >= 15 is 0 Å². The third-order valence-electron chi connectivity index (χ3n) is 7.63. The van der Waals surface area contributed by atoms with Crippen LogP contribution in [0.1, 0.15) is 43.4 Å². The number of carbonyl (C=O) groups is 3. The van der Waals surface area contributed by atoms with Crippen LogP contribution in [0, 0.1) is 5.41 Å². The van der Waals surface area contributed by atoms with Crippen LogP contribution in [0.15, 0.2) is 30.7 Å². The van der Waals surface area contributed by atoms with Gasteiger partial charge < -0.3 is 29.2 Å². The highest BCUT2D eigenvalue weighted by Gasteiger charge is 2.39. The Morgan fingerprint density at radius 2 is 1.95 bits per heavy atom. The number of carbonyl (C=O) groups excluding carboxylic acids is 3. The Hall–Kier alpha value is -3.51. The summed E-state index contributed by atoms with van der Waals surface area (Å²) < 4.78 is 14.2. The summed E-state index contributed by atoms with van der Waals surface area (Å²) in [6.07, 6.45) is 5.26. The summed E-state index contributed by atoms with van der Waals surface area (Å²) in [5.74, 6) is 0.683. The van der Waals surface area contributed by atoms with Gasteiger partial charge in [-0.2, -0.15) is 0 Å². The molecule has 40 heavy (non-hydrogen) atoms. The lowest BCUT2D eigenvalue weighted by molar-refractivity contribution is -0.149. The van der Waals surface area contributed by atoms with Crippen molar-refractivity contribution < 1.29 is 23.9 Å². The molecule has 2 aromatic rings. The van der Waals surface area contributed by atoms with Gasteiger partial charge in [-0.25, -0.2) is 9.97 Å². The van der Waals surface area contributed by atoms with E-state index in [-0.39, 0.29) is 54.4 Å². The van der Waals surface area contributed by atoms with Gasteiger partial charge in [0.25, 0.3) is 5.91 Å². The summed E-state index contributed by atoms with van der Waals surface area (Å²) in [4.78, 5) is 54.3. The first-order chi connectivity index (χ1) is 19.1. The summed E-state index contributed by atoms with van der Waals surface area (Å²) in [7, 11) is 1.94. The number of nitrogens with one attached hydrogen (secondary N) is 1. The normalized spacial score (nSPS) is 24.6. The van der Waals surface area contributed by atoms with Crippen LogP contribution in [-0.2, 0) is 27.9 Å². The van der Waals surface area contributed by atoms with E-state index in [1.165, 1.54) is 0 Å². The number of hydrogen-bond donors (Lipinski definition) is 1. The number of pyridine rings is 1. The molecule has 2 fully saturated rings. The molecule has 216 valence electrons. The van der Waals surface area contributed by atoms with Crippen molar-refractivity contribution in [1.29, 1.82) is 0 Å². The summed E-state index contributed by atoms with van der Waals surface area (Å²) >= 11 is 0. The van der Waals surface area contributed by atoms with Gasteiger partial charge in [0, 0.05) is 64.8 Å². The molecule has 3 aliphatic heterocycles. The number of hydrogen-bond acceptors (Lipinski definition) is 8. The van der Waals surface area contributed by atoms with Gasteiger partial charge in [-0.1, -0.05) is 20.8 Å². The van der Waals surface area contributed by atoms with Crippen molar-refractivity contribution in [2.45, 2.75) is 51.9 Å². The molecule has 0 unspecified atom stereocenters. The van der Waals surface area contributed by atoms with Crippen LogP contribution < -0.4 is 10.1 Å². The van der Waals surface area contributed by atoms with Crippen LogP contribution in [0.5, 0.6) is 5.88 Å². The number of aromatic nitrogens is 3. The molecule has 2 saturated heterocycles. The molecule has 3 aliphatic rings. The minimum Gasteiger partial charge on any atom is -0.475 e. The molecule has 2 aromatic heterocycles. The number of ether oxygens (including phenoxy) is 2. The molecule has 3 atom stereocenters. The van der Waals surface area contributed by atoms with Crippen molar-refractivity contribution >= 4 is 17.7 Å². The fourth-order valence-corrected chi connectivity index (χ4v) is 5.52. The van der Waals surface area contributed by atoms with Crippen LogP contribution in [0.4, 0.5) is 0 Å². The van der Waals surface area contributed by atoms with Crippen molar-refractivity contribution in [3.8, 4) is 5.88 Å². The summed E-state index contributed by atoms with van der Waals surface area (Å²) in [5.41, 5.74) is 0.176. The van der Waals surface area contributed by atoms with Crippen LogP contribution >= 0.6 is 0 Å². The van der Waals surface area contributed by atoms with Gasteiger partial charge >= 0.3 is 0 Å². The number of likely N-dealkylation sites (tertiary alicyclic amines) is 1. The molecular formula is C28H39N7O5. The third kappa shape index (κ3) is 6.44. The molecule has 12 heteroatoms. The molecule has 1 N–H and O–H groups in total. The zero-order chi connectivity index (χ0) is 28.4. The number of imidazole rings is 1. The monoisotopic (exact) mass is 553 g/mol. The van der Waals surface area contributed by atoms with Crippen molar-refractivity contribution in [1.82, 2.24) is 34.6 Å². The molecular weight excluding hydrogens is 514 g/mol. The van der Waals surface area contributed by atoms with Gasteiger partial charge in [0.1, 0.15) is 24.6 Å². The number of amides is 3. The average Bonchev–Trinajstić information content (AvgIpc) is 3.49. The van der Waals surface area contributed by atoms with E-state index in [0.29, 0.717) is 51.3 Å². The van der Waals surface area contributed by atoms with Crippen LogP contribution in [0.3, 0.4) is 0 Å². The number of nitrogens with zero attached hydrogens (tertiary/aromatic N) is 6. The number of piperazine rings is 1. The largest absolute Gasteiger partial charge is 0.475 e. The van der Waals surface area contributed by atoms with E-state index < -0.39 is 6.04 Å². The molecule has 3 amide bonds. The van der Waals surface area contributed by atoms with Gasteiger partial charge in [0.05, 0.1) is 24.7 Å². The Morgan fingerprint density at radius 1 is 1.12 bits per heavy atom. The third-order valence-corrected chi connectivity index (χ3v) is 7.63. The highest BCUT2D eigenvalue weighted by Crippen LogP contribution is 2.24. The highest BCUT2D eigenvalue weighted by atomic mass is 16.5. The lowest BCUT2D eigenvalue weighted by Crippen LogP contribution is -2.59. The molecule has 12 nitrogen and oxygen atoms in total. The minimum absolute atomic E-state index is 0.0540. The second kappa shape index (κ2) is 11.5. The predicted octanol–water partition coefficient (Wildman–Crippen LogP) is 0.683. The highest BCUT2D eigenvalue weighted by molar-refractivity contribution is 5.96. The predicted molar refractivity (Wildman–Crippen MR) is 145 cm³/mol. The molecule has 0 aliphatic carbocycles. The summed E-state index contributed by atoms with van der Waals surface area (Å²) in [6, 6.07) is 2.64. The lowest BCUT2D eigenvalue weighted by Gasteiger charge is -2.42. The van der Waals surface area contributed by atoms with Gasteiger partial charge in [-0.15, -0.1) is 0 Å². The van der Waals surface area contributed by atoms with Crippen LogP contribution in [0.25, 0.3) is 0 Å². The summed E-state index contributed by atoms with van der Waals surface area (Å²) in [5, 5.41) is 3.09. The molecule has 0 spiro atoms. The number of rotatable bonds is 3. The Kier molecular flexibility index (Phi) is 8.09. The molecule has 0 aromatic carbocycles. The zero-order valence-electron chi connectivity index (χ0n) is 23.7. The van der Waals surface area contributed by atoms with E-state index in [2.05, 4.69) is 20.2 Å². The fourth-order valence-electron chi connectivity index (χ4n) is 5.52. The molecule has 5 heterocycles. The summed E-state index contributed by atoms with van der Waals surface area (Å²) in [6.45, 7) is 8.95. The SMILES string of the molecule is Cn1ccnc1CN1C[C@@H]2OCC(=O)N3CCN(C(=O)CC(C)(C)C)C[C@H]3COc3ncccc3C(=O)N[C@@H]2C1. The topological polar surface area (TPSA) is 122 Å². The van der Waals surface area contributed by atoms with Crippen molar-refractivity contribution in [2.24, 2.45) is 12.5 Å². The maximum absolute atomic E-state index is 13.4. The number of aryl methyl sites for hydroxylation is 1. The smallest absolute Gasteiger partial charge is 0.257 e. The molecule has 0 saturated carbocycles. The Bertz CT molecular complexity index is 1240. The van der Waals surface area contributed by atoms with Crippen molar-refractivity contribution in [2.75, 3.05) is 45.9 Å². The zero-order valence-corrected chi connectivity index (χ0v) is 23.7. The number of fused-ring (bicyclic) bond motifs is 3. The first kappa shape index (κ1) is 28.0. The molecule has 5 rings (SSSR count). The maximum atomic E-state index is 13.4. The van der Waals surface area contributed by atoms with E-state index in [4.69, 9.17) is 9.47 Å². The van der Waals surface area contributed by atoms with Crippen molar-refractivity contribution in [3.63, 3.8) is 0 Å². The van der Waals surface area contributed by atoms with E-state index in [1.807, 2.05) is 38.6 Å². The van der Waals surface area contributed by atoms with E-state index in [1.54, 1.807) is 34.3 Å². The average molecular weight is 554 g/mol. The van der Waals surface area contributed by atoms with Crippen LogP contribution in [-0.4, -0.2) is 111 Å². The van der Waals surface area contributed by atoms with Gasteiger partial charge in [-0.05, 0) is 17.5 Å². The molecule has 0 bridgehead atoms. The first-order valence-corrected chi connectivity index (χ1v) is 13.8. The van der Waals surface area contributed by atoms with E-state index in [9.17, 15) is 14.4 Å². The first-order valence-electron chi connectivity index (χ1n) is 13.8. The maximum Gasteiger partial charge on any atom is 0.257 e. The molecule has 0 radical (unpaired) electrons. The standard InChI is InChI=1S/C28H39N7O5/c1-28(2,3)12-24(36)34-10-11-35-19(13-34)17-40-27-20(6-5-7-30-27)26(38)31-21-14-33(15-22(21)39-18-25(35)37)16-23-29-8-9-32(23)4/h5-9,19,21-22H,10-18H2,1-4H3,(H,31,38)/t19-,21+,22-/m0/s1. The quantitative estimate of drug-likeness (QED) is 0.589. The van der Waals surface area contributed by atoms with Gasteiger partial charge in [0.15, 0.2) is 0 Å². The van der Waals surface area contributed by atoms with Crippen LogP contribution in [0.2, 0.25) is 0 Å². The minimum atomic E-state index is -0.397. The van der Waals surface area contributed by atoms with Gasteiger partial charge in [0.2, 0.25) is 17.7 Å². The Balaban J connectivity index is 1.37. The van der Waals surface area contributed by atoms with Crippen molar-refractivity contribution in [3.05, 3.63) is 42.1 Å². The Labute approximate surface area is 234 Å². The fraction of sp³-hybridized carbons (Fsp3) is 0.607. The second-order valence-corrected chi connectivity index (χ2v) is 12.1. The Morgan fingerprint density at radius 3 is 2.70 bits per heavy atom. The van der Waals surface area contributed by atoms with E-state index in [0.717, 1.165) is 5.82 Å².